The Labute approximate surface area is 116 Å². The summed E-state index contributed by atoms with van der Waals surface area (Å²) in [5.41, 5.74) is 0.908. The molecule has 0 saturated heterocycles. The first kappa shape index (κ1) is 14.6. The summed E-state index contributed by atoms with van der Waals surface area (Å²) in [5, 5.41) is 3.60. The molecule has 1 rings (SSSR count). The van der Waals surface area contributed by atoms with E-state index in [2.05, 4.69) is 33.1 Å². The number of benzene rings is 1. The minimum absolute atomic E-state index is 0.0403. The number of carbonyl (C=O) groups is 1. The molecule has 4 heteroatoms. The van der Waals surface area contributed by atoms with E-state index < -0.39 is 0 Å². The zero-order chi connectivity index (χ0) is 13.2. The van der Waals surface area contributed by atoms with Gasteiger partial charge < -0.3 is 10.1 Å². The first-order valence-corrected chi connectivity index (χ1v) is 6.84. The molecule has 96 valence electrons. The second-order valence-corrected chi connectivity index (χ2v) is 4.39. The molecule has 3 nitrogen and oxygen atoms in total. The van der Waals surface area contributed by atoms with Crippen molar-refractivity contribution in [2.24, 2.45) is 0 Å². The summed E-state index contributed by atoms with van der Waals surface area (Å²) in [7, 11) is 1.63. The lowest BCUT2D eigenvalue weighted by Gasteiger charge is -1.99. The summed E-state index contributed by atoms with van der Waals surface area (Å²) < 4.78 is 5.05. The van der Waals surface area contributed by atoms with Gasteiger partial charge >= 0.3 is 0 Å². The molecule has 1 amide bonds. The van der Waals surface area contributed by atoms with Crippen molar-refractivity contribution in [1.82, 2.24) is 5.32 Å². The molecule has 0 spiro atoms. The maximum atomic E-state index is 11.3. The molecule has 0 fully saturated rings. The minimum atomic E-state index is 0.0403. The van der Waals surface area contributed by atoms with Crippen LogP contribution < -0.4 is 10.1 Å². The first-order valence-electron chi connectivity index (χ1n) is 5.72. The third kappa shape index (κ3) is 5.74. The number of nitrogens with one attached hydrogen (secondary N) is 1. The topological polar surface area (TPSA) is 38.3 Å². The van der Waals surface area contributed by atoms with Gasteiger partial charge in [-0.15, -0.1) is 0 Å². The molecule has 0 heterocycles. The van der Waals surface area contributed by atoms with Gasteiger partial charge in [-0.2, -0.15) is 0 Å². The SMILES string of the molecule is COc1ccc(C#CCNC(=O)CCCBr)cc1. The molecule has 0 aliphatic rings. The Hall–Kier alpha value is -1.47. The maximum absolute atomic E-state index is 11.3. The van der Waals surface area contributed by atoms with Gasteiger partial charge in [-0.25, -0.2) is 0 Å². The molecular weight excluding hydrogens is 294 g/mol. The summed E-state index contributed by atoms with van der Waals surface area (Å²) in [6.07, 6.45) is 1.38. The summed E-state index contributed by atoms with van der Waals surface area (Å²) in [4.78, 5) is 11.3. The standard InChI is InChI=1S/C14H16BrNO2/c1-18-13-8-6-12(7-9-13)4-3-11-16-14(17)5-2-10-15/h6-9H,2,5,10-11H2,1H3,(H,16,17). The van der Waals surface area contributed by atoms with Crippen molar-refractivity contribution in [2.45, 2.75) is 12.8 Å². The molecule has 1 N–H and O–H groups in total. The second kappa shape index (κ2) is 8.60. The van der Waals surface area contributed by atoms with E-state index in [1.165, 1.54) is 0 Å². The summed E-state index contributed by atoms with van der Waals surface area (Å²) in [6.45, 7) is 0.382. The third-order valence-corrected chi connectivity index (χ3v) is 2.79. The van der Waals surface area contributed by atoms with E-state index in [9.17, 15) is 4.79 Å². The van der Waals surface area contributed by atoms with E-state index >= 15 is 0 Å². The normalized spacial score (nSPS) is 9.22. The van der Waals surface area contributed by atoms with Gasteiger partial charge in [0.2, 0.25) is 5.91 Å². The highest BCUT2D eigenvalue weighted by Crippen LogP contribution is 2.09. The molecule has 0 saturated carbocycles. The fourth-order valence-electron chi connectivity index (χ4n) is 1.28. The molecule has 18 heavy (non-hydrogen) atoms. The fourth-order valence-corrected chi connectivity index (χ4v) is 1.56. The van der Waals surface area contributed by atoms with Crippen LogP contribution in [0, 0.1) is 11.8 Å². The van der Waals surface area contributed by atoms with Gasteiger partial charge in [0.05, 0.1) is 13.7 Å². The van der Waals surface area contributed by atoms with Crippen molar-refractivity contribution in [3.63, 3.8) is 0 Å². The molecule has 0 unspecified atom stereocenters. The van der Waals surface area contributed by atoms with Gasteiger partial charge in [-0.3, -0.25) is 4.79 Å². The van der Waals surface area contributed by atoms with Gasteiger partial charge in [-0.1, -0.05) is 27.8 Å². The number of rotatable bonds is 5. The van der Waals surface area contributed by atoms with Crippen LogP contribution in [0.25, 0.3) is 0 Å². The zero-order valence-electron chi connectivity index (χ0n) is 10.3. The number of hydrogen-bond donors (Lipinski definition) is 1. The molecular formula is C14H16BrNO2. The van der Waals surface area contributed by atoms with Gasteiger partial charge in [-0.05, 0) is 30.7 Å². The highest BCUT2D eigenvalue weighted by molar-refractivity contribution is 9.09. The van der Waals surface area contributed by atoms with E-state index in [4.69, 9.17) is 4.74 Å². The van der Waals surface area contributed by atoms with Crippen molar-refractivity contribution >= 4 is 21.8 Å². The summed E-state index contributed by atoms with van der Waals surface area (Å²) in [5.74, 6) is 6.74. The van der Waals surface area contributed by atoms with E-state index in [1.54, 1.807) is 7.11 Å². The number of alkyl halides is 1. The van der Waals surface area contributed by atoms with Crippen molar-refractivity contribution in [3.05, 3.63) is 29.8 Å². The molecule has 0 aliphatic carbocycles. The van der Waals surface area contributed by atoms with Crippen LogP contribution in [0.2, 0.25) is 0 Å². The van der Waals surface area contributed by atoms with E-state index in [0.29, 0.717) is 13.0 Å². The second-order valence-electron chi connectivity index (χ2n) is 3.60. The Morgan fingerprint density at radius 1 is 1.39 bits per heavy atom. The zero-order valence-corrected chi connectivity index (χ0v) is 11.9. The van der Waals surface area contributed by atoms with Gasteiger partial charge in [0.15, 0.2) is 0 Å². The van der Waals surface area contributed by atoms with E-state index in [0.717, 1.165) is 23.1 Å². The van der Waals surface area contributed by atoms with Gasteiger partial charge in [0.1, 0.15) is 5.75 Å². The highest BCUT2D eigenvalue weighted by Gasteiger charge is 1.97. The van der Waals surface area contributed by atoms with Crippen LogP contribution in [-0.2, 0) is 4.79 Å². The van der Waals surface area contributed by atoms with Crippen LogP contribution in [0.4, 0.5) is 0 Å². The minimum Gasteiger partial charge on any atom is -0.497 e. The lowest BCUT2D eigenvalue weighted by Crippen LogP contribution is -2.23. The van der Waals surface area contributed by atoms with E-state index in [-0.39, 0.29) is 5.91 Å². The average Bonchev–Trinajstić information content (AvgIpc) is 2.42. The maximum Gasteiger partial charge on any atom is 0.220 e. The van der Waals surface area contributed by atoms with Gasteiger partial charge in [0, 0.05) is 17.3 Å². The Morgan fingerprint density at radius 3 is 2.72 bits per heavy atom. The molecule has 0 bridgehead atoms. The quantitative estimate of drug-likeness (QED) is 0.670. The number of carbonyl (C=O) groups excluding carboxylic acids is 1. The number of ether oxygens (including phenoxy) is 1. The van der Waals surface area contributed by atoms with Crippen LogP contribution in [-0.4, -0.2) is 24.9 Å². The lowest BCUT2D eigenvalue weighted by atomic mass is 10.2. The lowest BCUT2D eigenvalue weighted by molar-refractivity contribution is -0.120. The van der Waals surface area contributed by atoms with Crippen LogP contribution >= 0.6 is 15.9 Å². The predicted molar refractivity (Wildman–Crippen MR) is 75.9 cm³/mol. The van der Waals surface area contributed by atoms with Crippen molar-refractivity contribution < 1.29 is 9.53 Å². The molecule has 1 aromatic rings. The Kier molecular flexibility index (Phi) is 6.97. The Balaban J connectivity index is 2.34. The average molecular weight is 310 g/mol. The predicted octanol–water partition coefficient (Wildman–Crippen LogP) is 2.34. The molecule has 1 aromatic carbocycles. The summed E-state index contributed by atoms with van der Waals surface area (Å²) in [6, 6.07) is 7.49. The highest BCUT2D eigenvalue weighted by atomic mass is 79.9. The smallest absolute Gasteiger partial charge is 0.220 e. The number of amides is 1. The van der Waals surface area contributed by atoms with Crippen LogP contribution in [0.5, 0.6) is 5.75 Å². The van der Waals surface area contributed by atoms with Gasteiger partial charge in [0.25, 0.3) is 0 Å². The van der Waals surface area contributed by atoms with Crippen LogP contribution in [0.3, 0.4) is 0 Å². The van der Waals surface area contributed by atoms with Crippen molar-refractivity contribution in [3.8, 4) is 17.6 Å². The van der Waals surface area contributed by atoms with Crippen molar-refractivity contribution in [1.29, 1.82) is 0 Å². The fraction of sp³-hybridized carbons (Fsp3) is 0.357. The van der Waals surface area contributed by atoms with Crippen LogP contribution in [0.1, 0.15) is 18.4 Å². The Morgan fingerprint density at radius 2 is 2.11 bits per heavy atom. The largest absolute Gasteiger partial charge is 0.497 e. The number of hydrogen-bond acceptors (Lipinski definition) is 2. The molecule has 0 aliphatic heterocycles. The molecule has 0 aromatic heterocycles. The number of halogens is 1. The third-order valence-electron chi connectivity index (χ3n) is 2.23. The summed E-state index contributed by atoms with van der Waals surface area (Å²) >= 11 is 3.28. The Bertz CT molecular complexity index is 431. The van der Waals surface area contributed by atoms with Crippen LogP contribution in [0.15, 0.2) is 24.3 Å². The number of methoxy groups -OCH3 is 1. The molecule has 0 atom stereocenters. The molecule has 0 radical (unpaired) electrons. The van der Waals surface area contributed by atoms with E-state index in [1.807, 2.05) is 24.3 Å². The van der Waals surface area contributed by atoms with Crippen molar-refractivity contribution in [2.75, 3.05) is 19.0 Å². The first-order chi connectivity index (χ1) is 8.76. The monoisotopic (exact) mass is 309 g/mol.